The quantitative estimate of drug-likeness (QED) is 0.266. The van der Waals surface area contributed by atoms with Crippen molar-refractivity contribution in [2.24, 2.45) is 0 Å². The molecule has 4 rings (SSSR count). The van der Waals surface area contributed by atoms with Crippen molar-refractivity contribution in [2.75, 3.05) is 20.1 Å². The number of methoxy groups -OCH3 is 2. The molecule has 2 heterocycles. The second-order valence-corrected chi connectivity index (χ2v) is 8.38. The average molecular weight is 492 g/mol. The van der Waals surface area contributed by atoms with Gasteiger partial charge in [0.2, 0.25) is 5.16 Å². The maximum atomic E-state index is 12.3. The molecule has 0 saturated carbocycles. The van der Waals surface area contributed by atoms with Gasteiger partial charge in [-0.3, -0.25) is 0 Å². The third-order valence-corrected chi connectivity index (χ3v) is 6.45. The summed E-state index contributed by atoms with van der Waals surface area (Å²) in [6, 6.07) is 11.7. The molecule has 0 radical (unpaired) electrons. The lowest BCUT2D eigenvalue weighted by atomic mass is 10.2. The number of nitrogens with two attached hydrogens (primary N) is 1. The summed E-state index contributed by atoms with van der Waals surface area (Å²) >= 11 is 2.91. The van der Waals surface area contributed by atoms with Gasteiger partial charge in [0.05, 0.1) is 19.9 Å². The number of nitrogens with zero attached hydrogens (tertiary/aromatic N) is 4. The first-order valence-corrected chi connectivity index (χ1v) is 11.4. The van der Waals surface area contributed by atoms with Crippen LogP contribution in [0.3, 0.4) is 0 Å². The molecule has 0 bridgehead atoms. The normalized spacial score (nSPS) is 11.1. The zero-order valence-electron chi connectivity index (χ0n) is 17.6. The summed E-state index contributed by atoms with van der Waals surface area (Å²) in [4.78, 5) is 4.68. The van der Waals surface area contributed by atoms with Crippen LogP contribution in [0.1, 0.15) is 5.69 Å². The fraction of sp³-hybridized carbons (Fsp3) is 0.190. The van der Waals surface area contributed by atoms with E-state index in [1.165, 1.54) is 39.9 Å². The second kappa shape index (κ2) is 10.0. The fourth-order valence-electron chi connectivity index (χ4n) is 2.97. The van der Waals surface area contributed by atoms with E-state index in [0.717, 1.165) is 16.3 Å². The number of benzene rings is 2. The van der Waals surface area contributed by atoms with Gasteiger partial charge >= 0.3 is 6.61 Å². The molecule has 172 valence electrons. The Hall–Kier alpha value is -3.38. The van der Waals surface area contributed by atoms with Gasteiger partial charge in [0.15, 0.2) is 17.3 Å². The Kier molecular flexibility index (Phi) is 6.94. The van der Waals surface area contributed by atoms with Gasteiger partial charge in [0.25, 0.3) is 0 Å². The SMILES string of the molecule is COc1ccc(-c2nc(CSc3nnc(-c4ccc(OC(F)F)cc4)n3N)cs2)cc1OC. The van der Waals surface area contributed by atoms with E-state index < -0.39 is 6.61 Å². The van der Waals surface area contributed by atoms with Crippen molar-refractivity contribution in [2.45, 2.75) is 17.5 Å². The van der Waals surface area contributed by atoms with Crippen LogP contribution >= 0.6 is 23.1 Å². The van der Waals surface area contributed by atoms with E-state index in [2.05, 4.69) is 19.9 Å². The molecular formula is C21H19F2N5O3S2. The summed E-state index contributed by atoms with van der Waals surface area (Å²) in [5, 5.41) is 11.6. The number of thioether (sulfide) groups is 1. The largest absolute Gasteiger partial charge is 0.493 e. The molecule has 0 unspecified atom stereocenters. The minimum Gasteiger partial charge on any atom is -0.493 e. The molecular weight excluding hydrogens is 472 g/mol. The van der Waals surface area contributed by atoms with Crippen LogP contribution in [-0.2, 0) is 5.75 Å². The Balaban J connectivity index is 1.44. The van der Waals surface area contributed by atoms with Crippen molar-refractivity contribution in [1.82, 2.24) is 19.9 Å². The Morgan fingerprint density at radius 1 is 1.03 bits per heavy atom. The van der Waals surface area contributed by atoms with E-state index in [4.69, 9.17) is 15.3 Å². The number of aromatic nitrogens is 4. The molecule has 0 aliphatic rings. The first-order chi connectivity index (χ1) is 16.0. The highest BCUT2D eigenvalue weighted by atomic mass is 32.2. The van der Waals surface area contributed by atoms with E-state index in [-0.39, 0.29) is 5.75 Å². The molecule has 0 aliphatic carbocycles. The van der Waals surface area contributed by atoms with Crippen molar-refractivity contribution < 1.29 is 23.0 Å². The molecule has 8 nitrogen and oxygen atoms in total. The number of nitrogen functional groups attached to an aromatic ring is 1. The lowest BCUT2D eigenvalue weighted by Gasteiger charge is -2.08. The zero-order valence-corrected chi connectivity index (χ0v) is 19.2. The average Bonchev–Trinajstić information content (AvgIpc) is 3.44. The van der Waals surface area contributed by atoms with Crippen molar-refractivity contribution in [1.29, 1.82) is 0 Å². The molecule has 0 amide bonds. The van der Waals surface area contributed by atoms with E-state index >= 15 is 0 Å². The topological polar surface area (TPSA) is 97.3 Å². The van der Waals surface area contributed by atoms with Gasteiger partial charge in [-0.05, 0) is 42.5 Å². The summed E-state index contributed by atoms with van der Waals surface area (Å²) in [5.74, 6) is 8.45. The number of rotatable bonds is 9. The number of halogens is 2. The van der Waals surface area contributed by atoms with Crippen LogP contribution in [-0.4, -0.2) is 40.7 Å². The minimum absolute atomic E-state index is 0.0558. The van der Waals surface area contributed by atoms with Gasteiger partial charge in [0, 0.05) is 22.3 Å². The van der Waals surface area contributed by atoms with Crippen molar-refractivity contribution in [3.8, 4) is 39.2 Å². The van der Waals surface area contributed by atoms with E-state index in [9.17, 15) is 8.78 Å². The Labute approximate surface area is 196 Å². The Morgan fingerprint density at radius 3 is 2.45 bits per heavy atom. The van der Waals surface area contributed by atoms with Gasteiger partial charge < -0.3 is 20.1 Å². The predicted octanol–water partition coefficient (Wildman–Crippen LogP) is 4.69. The van der Waals surface area contributed by atoms with Gasteiger partial charge in [0.1, 0.15) is 10.8 Å². The molecule has 0 saturated heterocycles. The van der Waals surface area contributed by atoms with Crippen LogP contribution < -0.4 is 20.1 Å². The maximum absolute atomic E-state index is 12.3. The molecule has 33 heavy (non-hydrogen) atoms. The van der Waals surface area contributed by atoms with Crippen LogP contribution in [0.5, 0.6) is 17.2 Å². The number of thiazole rings is 1. The highest BCUT2D eigenvalue weighted by molar-refractivity contribution is 7.98. The fourth-order valence-corrected chi connectivity index (χ4v) is 4.64. The summed E-state index contributed by atoms with van der Waals surface area (Å²) in [5.41, 5.74) is 2.42. The lowest BCUT2D eigenvalue weighted by Crippen LogP contribution is -2.11. The highest BCUT2D eigenvalue weighted by Gasteiger charge is 2.15. The van der Waals surface area contributed by atoms with Gasteiger partial charge in [-0.2, -0.15) is 8.78 Å². The van der Waals surface area contributed by atoms with E-state index in [1.807, 2.05) is 23.6 Å². The third-order valence-electron chi connectivity index (χ3n) is 4.53. The lowest BCUT2D eigenvalue weighted by molar-refractivity contribution is -0.0498. The molecule has 4 aromatic rings. The smallest absolute Gasteiger partial charge is 0.387 e. The van der Waals surface area contributed by atoms with Crippen LogP contribution in [0.15, 0.2) is 53.0 Å². The standard InChI is InChI=1S/C21H19F2N5O3S2/c1-29-16-8-5-13(9-17(16)30-2)19-25-14(10-32-19)11-33-21-27-26-18(28(21)24)12-3-6-15(7-4-12)31-20(22)23/h3-10,20H,11,24H2,1-2H3. The summed E-state index contributed by atoms with van der Waals surface area (Å²) < 4.78 is 41.0. The van der Waals surface area contributed by atoms with E-state index in [0.29, 0.717) is 33.8 Å². The first-order valence-electron chi connectivity index (χ1n) is 9.54. The predicted molar refractivity (Wildman–Crippen MR) is 122 cm³/mol. The molecule has 2 aromatic carbocycles. The monoisotopic (exact) mass is 491 g/mol. The molecule has 0 fully saturated rings. The summed E-state index contributed by atoms with van der Waals surface area (Å²) in [6.07, 6.45) is 0. The van der Waals surface area contributed by atoms with Crippen molar-refractivity contribution in [3.63, 3.8) is 0 Å². The molecule has 12 heteroatoms. The van der Waals surface area contributed by atoms with Crippen LogP contribution in [0, 0.1) is 0 Å². The maximum Gasteiger partial charge on any atom is 0.387 e. The summed E-state index contributed by atoms with van der Waals surface area (Å²) in [7, 11) is 3.18. The molecule has 0 atom stereocenters. The van der Waals surface area contributed by atoms with Crippen LogP contribution in [0.2, 0.25) is 0 Å². The molecule has 2 N–H and O–H groups in total. The number of alkyl halides is 2. The highest BCUT2D eigenvalue weighted by Crippen LogP contribution is 2.34. The van der Waals surface area contributed by atoms with Crippen molar-refractivity contribution in [3.05, 3.63) is 53.5 Å². The summed E-state index contributed by atoms with van der Waals surface area (Å²) in [6.45, 7) is -2.88. The Bertz CT molecular complexity index is 1230. The van der Waals surface area contributed by atoms with Gasteiger partial charge in [-0.25, -0.2) is 9.66 Å². The van der Waals surface area contributed by atoms with Gasteiger partial charge in [-0.15, -0.1) is 21.5 Å². The molecule has 0 spiro atoms. The van der Waals surface area contributed by atoms with E-state index in [1.54, 1.807) is 26.4 Å². The molecule has 0 aliphatic heterocycles. The first kappa shape index (κ1) is 22.8. The number of hydrogen-bond acceptors (Lipinski definition) is 9. The Morgan fingerprint density at radius 2 is 1.76 bits per heavy atom. The zero-order chi connectivity index (χ0) is 23.4. The third kappa shape index (κ3) is 5.17. The van der Waals surface area contributed by atoms with Gasteiger partial charge in [-0.1, -0.05) is 11.8 Å². The molecule has 2 aromatic heterocycles. The number of hydrogen-bond donors (Lipinski definition) is 1. The second-order valence-electron chi connectivity index (χ2n) is 6.58. The number of ether oxygens (including phenoxy) is 3. The van der Waals surface area contributed by atoms with Crippen LogP contribution in [0.25, 0.3) is 22.0 Å². The minimum atomic E-state index is -2.88. The van der Waals surface area contributed by atoms with Crippen molar-refractivity contribution >= 4 is 23.1 Å². The van der Waals surface area contributed by atoms with Crippen LogP contribution in [0.4, 0.5) is 8.78 Å².